The van der Waals surface area contributed by atoms with Crippen LogP contribution >= 0.6 is 0 Å². The molecule has 1 unspecified atom stereocenters. The van der Waals surface area contributed by atoms with Crippen LogP contribution < -0.4 is 5.32 Å². The van der Waals surface area contributed by atoms with Crippen molar-refractivity contribution in [1.29, 1.82) is 0 Å². The molecular formula is C14H28N4. The maximum Gasteiger partial charge on any atom is 0.0948 e. The molecule has 0 aromatic carbocycles. The summed E-state index contributed by atoms with van der Waals surface area (Å²) in [7, 11) is 4.32. The van der Waals surface area contributed by atoms with Crippen molar-refractivity contribution in [3.8, 4) is 0 Å². The van der Waals surface area contributed by atoms with Crippen molar-refractivity contribution in [3.63, 3.8) is 0 Å². The Labute approximate surface area is 111 Å². The highest BCUT2D eigenvalue weighted by atomic mass is 15.1. The molecule has 0 radical (unpaired) electrons. The fraction of sp³-hybridized carbons (Fsp3) is 0.786. The minimum absolute atomic E-state index is 0.600. The summed E-state index contributed by atoms with van der Waals surface area (Å²) < 4.78 is 2.18. The van der Waals surface area contributed by atoms with E-state index < -0.39 is 0 Å². The molecule has 1 heterocycles. The highest BCUT2D eigenvalue weighted by molar-refractivity contribution is 4.97. The summed E-state index contributed by atoms with van der Waals surface area (Å²) >= 11 is 0. The molecule has 0 aliphatic heterocycles. The number of imidazole rings is 1. The van der Waals surface area contributed by atoms with Crippen molar-refractivity contribution in [3.05, 3.63) is 18.2 Å². The molecule has 18 heavy (non-hydrogen) atoms. The van der Waals surface area contributed by atoms with Gasteiger partial charge in [-0.2, -0.15) is 0 Å². The van der Waals surface area contributed by atoms with E-state index in [2.05, 4.69) is 54.6 Å². The van der Waals surface area contributed by atoms with Crippen molar-refractivity contribution < 1.29 is 0 Å². The van der Waals surface area contributed by atoms with Gasteiger partial charge in [-0.05, 0) is 33.4 Å². The summed E-state index contributed by atoms with van der Waals surface area (Å²) in [4.78, 5) is 6.50. The van der Waals surface area contributed by atoms with Gasteiger partial charge in [0.15, 0.2) is 0 Å². The minimum Gasteiger partial charge on any atom is -0.334 e. The first-order valence-electron chi connectivity index (χ1n) is 6.90. The molecule has 0 saturated heterocycles. The first kappa shape index (κ1) is 15.2. The zero-order chi connectivity index (χ0) is 13.5. The van der Waals surface area contributed by atoms with E-state index in [1.165, 1.54) is 12.1 Å². The zero-order valence-corrected chi connectivity index (χ0v) is 12.5. The van der Waals surface area contributed by atoms with Gasteiger partial charge < -0.3 is 14.8 Å². The lowest BCUT2D eigenvalue weighted by molar-refractivity contribution is 0.246. The molecule has 1 atom stereocenters. The second-order valence-electron chi connectivity index (χ2n) is 5.55. The molecule has 104 valence electrons. The van der Waals surface area contributed by atoms with Crippen LogP contribution in [-0.2, 0) is 13.1 Å². The van der Waals surface area contributed by atoms with Gasteiger partial charge in [0.05, 0.1) is 12.0 Å². The Hall–Kier alpha value is -0.870. The molecule has 1 aromatic rings. The molecule has 0 aliphatic carbocycles. The number of hydrogen-bond donors (Lipinski definition) is 1. The van der Waals surface area contributed by atoms with Crippen LogP contribution in [0.5, 0.6) is 0 Å². The SMILES string of the molecule is CCn1cncc1CNCC(CC(C)C)N(C)C. The molecule has 0 amide bonds. The number of nitrogens with zero attached hydrogens (tertiary/aromatic N) is 3. The molecule has 1 rings (SSSR count). The third-order valence-electron chi connectivity index (χ3n) is 3.30. The third kappa shape index (κ3) is 4.78. The molecule has 4 nitrogen and oxygen atoms in total. The zero-order valence-electron chi connectivity index (χ0n) is 12.5. The van der Waals surface area contributed by atoms with Crippen molar-refractivity contribution in [2.45, 2.75) is 46.3 Å². The summed E-state index contributed by atoms with van der Waals surface area (Å²) in [6.07, 6.45) is 5.07. The molecule has 1 N–H and O–H groups in total. The monoisotopic (exact) mass is 252 g/mol. The number of hydrogen-bond acceptors (Lipinski definition) is 3. The Bertz CT molecular complexity index is 330. The van der Waals surface area contributed by atoms with Gasteiger partial charge in [0.25, 0.3) is 0 Å². The number of aryl methyl sites for hydroxylation is 1. The lowest BCUT2D eigenvalue weighted by Gasteiger charge is -2.26. The Morgan fingerprint density at radius 3 is 2.67 bits per heavy atom. The molecular weight excluding hydrogens is 224 g/mol. The largest absolute Gasteiger partial charge is 0.334 e. The van der Waals surface area contributed by atoms with E-state index in [9.17, 15) is 0 Å². The first-order chi connectivity index (χ1) is 8.54. The second kappa shape index (κ2) is 7.54. The summed E-state index contributed by atoms with van der Waals surface area (Å²) in [5.41, 5.74) is 1.26. The Morgan fingerprint density at radius 1 is 1.39 bits per heavy atom. The van der Waals surface area contributed by atoms with Gasteiger partial charge in [0.2, 0.25) is 0 Å². The van der Waals surface area contributed by atoms with E-state index in [1.807, 2.05) is 12.5 Å². The number of rotatable bonds is 8. The van der Waals surface area contributed by atoms with Crippen LogP contribution in [0.1, 0.15) is 32.9 Å². The van der Waals surface area contributed by atoms with Crippen molar-refractivity contribution in [2.24, 2.45) is 5.92 Å². The highest BCUT2D eigenvalue weighted by Gasteiger charge is 2.13. The minimum atomic E-state index is 0.600. The smallest absolute Gasteiger partial charge is 0.0948 e. The van der Waals surface area contributed by atoms with E-state index in [1.54, 1.807) is 0 Å². The average Bonchev–Trinajstić information content (AvgIpc) is 2.74. The number of likely N-dealkylation sites (N-methyl/N-ethyl adjacent to an activating group) is 1. The van der Waals surface area contributed by atoms with Gasteiger partial charge in [-0.15, -0.1) is 0 Å². The van der Waals surface area contributed by atoms with Gasteiger partial charge in [-0.1, -0.05) is 13.8 Å². The number of aromatic nitrogens is 2. The topological polar surface area (TPSA) is 33.1 Å². The van der Waals surface area contributed by atoms with E-state index >= 15 is 0 Å². The molecule has 0 fully saturated rings. The van der Waals surface area contributed by atoms with Gasteiger partial charge >= 0.3 is 0 Å². The van der Waals surface area contributed by atoms with Crippen LogP contribution in [0.15, 0.2) is 12.5 Å². The van der Waals surface area contributed by atoms with Crippen molar-refractivity contribution in [2.75, 3.05) is 20.6 Å². The highest BCUT2D eigenvalue weighted by Crippen LogP contribution is 2.08. The number of nitrogens with one attached hydrogen (secondary N) is 1. The molecule has 0 aliphatic rings. The normalized spacial score (nSPS) is 13.5. The van der Waals surface area contributed by atoms with E-state index in [-0.39, 0.29) is 0 Å². The van der Waals surface area contributed by atoms with E-state index in [0.29, 0.717) is 6.04 Å². The first-order valence-corrected chi connectivity index (χ1v) is 6.90. The van der Waals surface area contributed by atoms with Crippen molar-refractivity contribution >= 4 is 0 Å². The van der Waals surface area contributed by atoms with Gasteiger partial charge in [0, 0.05) is 31.9 Å². The van der Waals surface area contributed by atoms with Crippen LogP contribution in [0, 0.1) is 5.92 Å². The molecule has 0 bridgehead atoms. The molecule has 0 saturated carbocycles. The van der Waals surface area contributed by atoms with Crippen LogP contribution in [-0.4, -0.2) is 41.1 Å². The Balaban J connectivity index is 2.39. The van der Waals surface area contributed by atoms with Gasteiger partial charge in [0.1, 0.15) is 0 Å². The molecule has 4 heteroatoms. The van der Waals surface area contributed by atoms with E-state index in [0.717, 1.165) is 25.6 Å². The quantitative estimate of drug-likeness (QED) is 0.768. The second-order valence-corrected chi connectivity index (χ2v) is 5.55. The molecule has 1 aromatic heterocycles. The lowest BCUT2D eigenvalue weighted by Crippen LogP contribution is -2.38. The summed E-state index contributed by atoms with van der Waals surface area (Å²) in [5, 5.41) is 3.55. The predicted molar refractivity (Wildman–Crippen MR) is 76.5 cm³/mol. The van der Waals surface area contributed by atoms with Crippen LogP contribution in [0.4, 0.5) is 0 Å². The van der Waals surface area contributed by atoms with Crippen molar-refractivity contribution in [1.82, 2.24) is 19.8 Å². The third-order valence-corrected chi connectivity index (χ3v) is 3.30. The van der Waals surface area contributed by atoms with Gasteiger partial charge in [-0.25, -0.2) is 4.98 Å². The maximum atomic E-state index is 4.19. The summed E-state index contributed by atoms with van der Waals surface area (Å²) in [5.74, 6) is 0.736. The summed E-state index contributed by atoms with van der Waals surface area (Å²) in [6, 6.07) is 0.600. The fourth-order valence-corrected chi connectivity index (χ4v) is 2.17. The lowest BCUT2D eigenvalue weighted by atomic mass is 10.0. The van der Waals surface area contributed by atoms with Gasteiger partial charge in [-0.3, -0.25) is 0 Å². The Kier molecular flexibility index (Phi) is 6.36. The maximum absolute atomic E-state index is 4.19. The average molecular weight is 252 g/mol. The van der Waals surface area contributed by atoms with Crippen LogP contribution in [0.3, 0.4) is 0 Å². The predicted octanol–water partition coefficient (Wildman–Crippen LogP) is 1.97. The van der Waals surface area contributed by atoms with Crippen LogP contribution in [0.25, 0.3) is 0 Å². The summed E-state index contributed by atoms with van der Waals surface area (Å²) in [6.45, 7) is 9.62. The standard InChI is InChI=1S/C14H28N4/c1-6-18-11-16-10-14(18)9-15-8-13(17(4)5)7-12(2)3/h10-13,15H,6-9H2,1-5H3. The van der Waals surface area contributed by atoms with E-state index in [4.69, 9.17) is 0 Å². The van der Waals surface area contributed by atoms with Crippen LogP contribution in [0.2, 0.25) is 0 Å². The Morgan fingerprint density at radius 2 is 2.11 bits per heavy atom. The molecule has 0 spiro atoms. The fourth-order valence-electron chi connectivity index (χ4n) is 2.17.